The van der Waals surface area contributed by atoms with Crippen molar-refractivity contribution in [3.8, 4) is 5.75 Å². The number of benzene rings is 1. The van der Waals surface area contributed by atoms with Crippen molar-refractivity contribution in [3.63, 3.8) is 0 Å². The van der Waals surface area contributed by atoms with Gasteiger partial charge >= 0.3 is 5.97 Å². The Hall–Kier alpha value is -1.58. The summed E-state index contributed by atoms with van der Waals surface area (Å²) in [5.41, 5.74) is 1.02. The molecule has 0 N–H and O–H groups in total. The van der Waals surface area contributed by atoms with E-state index in [-0.39, 0.29) is 24.0 Å². The van der Waals surface area contributed by atoms with E-state index in [0.29, 0.717) is 13.0 Å². The first kappa shape index (κ1) is 13.5. The molecule has 3 nitrogen and oxygen atoms in total. The number of halogens is 1. The van der Waals surface area contributed by atoms with Crippen LogP contribution in [0.1, 0.15) is 25.3 Å². The normalized spacial score (nSPS) is 10.1. The third kappa shape index (κ3) is 4.43. The number of carbonyl (C=O) groups is 1. The van der Waals surface area contributed by atoms with Gasteiger partial charge in [-0.05, 0) is 30.5 Å². The number of rotatable bonds is 6. The average molecular weight is 240 g/mol. The number of carbonyl (C=O) groups excluding carboxylic acids is 1. The van der Waals surface area contributed by atoms with Crippen LogP contribution in [0.2, 0.25) is 0 Å². The number of aryl methyl sites for hydroxylation is 1. The fraction of sp³-hybridized carbons (Fsp3) is 0.462. The minimum atomic E-state index is -0.375. The molecule has 0 spiro atoms. The summed E-state index contributed by atoms with van der Waals surface area (Å²) in [5.74, 6) is -0.411. The molecule has 17 heavy (non-hydrogen) atoms. The smallest absolute Gasteiger partial charge is 0.305 e. The van der Waals surface area contributed by atoms with Crippen molar-refractivity contribution in [3.05, 3.63) is 29.6 Å². The van der Waals surface area contributed by atoms with Crippen LogP contribution in [0.3, 0.4) is 0 Å². The summed E-state index contributed by atoms with van der Waals surface area (Å²) in [6.45, 7) is 2.30. The summed E-state index contributed by atoms with van der Waals surface area (Å²) in [4.78, 5) is 10.8. The van der Waals surface area contributed by atoms with Gasteiger partial charge in [0.15, 0.2) is 11.6 Å². The SMILES string of the molecule is CCc1ccc(F)c(OCCCC(=O)OC)c1. The first-order chi connectivity index (χ1) is 8.17. The largest absolute Gasteiger partial charge is 0.490 e. The van der Waals surface area contributed by atoms with Gasteiger partial charge < -0.3 is 9.47 Å². The van der Waals surface area contributed by atoms with E-state index >= 15 is 0 Å². The Morgan fingerprint density at radius 1 is 1.41 bits per heavy atom. The van der Waals surface area contributed by atoms with Gasteiger partial charge in [0, 0.05) is 6.42 Å². The number of esters is 1. The highest BCUT2D eigenvalue weighted by Gasteiger charge is 2.05. The molecule has 0 aliphatic heterocycles. The fourth-order valence-corrected chi connectivity index (χ4v) is 1.38. The summed E-state index contributed by atoms with van der Waals surface area (Å²) >= 11 is 0. The Morgan fingerprint density at radius 3 is 2.82 bits per heavy atom. The maximum Gasteiger partial charge on any atom is 0.305 e. The summed E-state index contributed by atoms with van der Waals surface area (Å²) < 4.78 is 23.1. The minimum Gasteiger partial charge on any atom is -0.490 e. The maximum absolute atomic E-state index is 13.3. The molecule has 1 rings (SSSR count). The zero-order valence-electron chi connectivity index (χ0n) is 10.2. The number of methoxy groups -OCH3 is 1. The third-order valence-corrected chi connectivity index (χ3v) is 2.41. The van der Waals surface area contributed by atoms with E-state index in [1.54, 1.807) is 12.1 Å². The number of hydrogen-bond acceptors (Lipinski definition) is 3. The molecule has 0 radical (unpaired) electrons. The highest BCUT2D eigenvalue weighted by Crippen LogP contribution is 2.19. The van der Waals surface area contributed by atoms with Crippen LogP contribution >= 0.6 is 0 Å². The van der Waals surface area contributed by atoms with Gasteiger partial charge in [0.2, 0.25) is 0 Å². The molecule has 94 valence electrons. The first-order valence-corrected chi connectivity index (χ1v) is 5.65. The lowest BCUT2D eigenvalue weighted by atomic mass is 10.1. The molecule has 0 unspecified atom stereocenters. The predicted molar refractivity (Wildman–Crippen MR) is 62.5 cm³/mol. The van der Waals surface area contributed by atoms with E-state index in [4.69, 9.17) is 4.74 Å². The van der Waals surface area contributed by atoms with Gasteiger partial charge in [0.25, 0.3) is 0 Å². The molecule has 0 aliphatic rings. The van der Waals surface area contributed by atoms with E-state index in [1.165, 1.54) is 13.2 Å². The molecule has 1 aromatic rings. The van der Waals surface area contributed by atoms with Crippen molar-refractivity contribution in [1.29, 1.82) is 0 Å². The monoisotopic (exact) mass is 240 g/mol. The minimum absolute atomic E-state index is 0.245. The van der Waals surface area contributed by atoms with Gasteiger partial charge in [0.05, 0.1) is 13.7 Å². The van der Waals surface area contributed by atoms with Crippen molar-refractivity contribution in [2.75, 3.05) is 13.7 Å². The molecular formula is C13H17FO3. The van der Waals surface area contributed by atoms with Crippen molar-refractivity contribution in [2.24, 2.45) is 0 Å². The van der Waals surface area contributed by atoms with E-state index < -0.39 is 0 Å². The second-order valence-electron chi connectivity index (χ2n) is 3.65. The zero-order valence-corrected chi connectivity index (χ0v) is 10.2. The third-order valence-electron chi connectivity index (χ3n) is 2.41. The van der Waals surface area contributed by atoms with Crippen molar-refractivity contribution in [2.45, 2.75) is 26.2 Å². The van der Waals surface area contributed by atoms with Crippen LogP contribution in [0, 0.1) is 5.82 Å². The van der Waals surface area contributed by atoms with Crippen LogP contribution in [0.15, 0.2) is 18.2 Å². The molecule has 0 saturated carbocycles. The molecular weight excluding hydrogens is 223 g/mol. The lowest BCUT2D eigenvalue weighted by Crippen LogP contribution is -2.05. The van der Waals surface area contributed by atoms with Crippen molar-refractivity contribution >= 4 is 5.97 Å². The van der Waals surface area contributed by atoms with E-state index in [9.17, 15) is 9.18 Å². The fourth-order valence-electron chi connectivity index (χ4n) is 1.38. The molecule has 0 fully saturated rings. The molecule has 0 atom stereocenters. The van der Waals surface area contributed by atoms with Gasteiger partial charge in [-0.15, -0.1) is 0 Å². The lowest BCUT2D eigenvalue weighted by Gasteiger charge is -2.08. The second kappa shape index (κ2) is 6.89. The summed E-state index contributed by atoms with van der Waals surface area (Å²) in [5, 5.41) is 0. The first-order valence-electron chi connectivity index (χ1n) is 5.65. The molecule has 0 aromatic heterocycles. The standard InChI is InChI=1S/C13H17FO3/c1-3-10-6-7-11(14)12(9-10)17-8-4-5-13(15)16-2/h6-7,9H,3-5,8H2,1-2H3. The highest BCUT2D eigenvalue weighted by molar-refractivity contribution is 5.69. The molecule has 0 amide bonds. The van der Waals surface area contributed by atoms with Crippen LogP contribution in [-0.4, -0.2) is 19.7 Å². The molecule has 0 heterocycles. The van der Waals surface area contributed by atoms with Gasteiger partial charge in [-0.25, -0.2) is 4.39 Å². The Balaban J connectivity index is 2.43. The van der Waals surface area contributed by atoms with Crippen molar-refractivity contribution < 1.29 is 18.7 Å². The van der Waals surface area contributed by atoms with E-state index in [1.807, 2.05) is 6.92 Å². The quantitative estimate of drug-likeness (QED) is 0.566. The molecule has 0 saturated heterocycles. The molecule has 1 aromatic carbocycles. The van der Waals surface area contributed by atoms with E-state index in [0.717, 1.165) is 12.0 Å². The van der Waals surface area contributed by atoms with Crippen LogP contribution in [0.25, 0.3) is 0 Å². The second-order valence-corrected chi connectivity index (χ2v) is 3.65. The summed E-state index contributed by atoms with van der Waals surface area (Å²) in [6.07, 6.45) is 1.63. The highest BCUT2D eigenvalue weighted by atomic mass is 19.1. The predicted octanol–water partition coefficient (Wildman–Crippen LogP) is 2.72. The maximum atomic E-state index is 13.3. The Bertz CT molecular complexity index is 377. The Labute approximate surface area is 101 Å². The van der Waals surface area contributed by atoms with Gasteiger partial charge in [-0.3, -0.25) is 4.79 Å². The zero-order chi connectivity index (χ0) is 12.7. The number of ether oxygens (including phenoxy) is 2. The molecule has 4 heteroatoms. The van der Waals surface area contributed by atoms with Gasteiger partial charge in [-0.1, -0.05) is 13.0 Å². The van der Waals surface area contributed by atoms with E-state index in [2.05, 4.69) is 4.74 Å². The van der Waals surface area contributed by atoms with Gasteiger partial charge in [-0.2, -0.15) is 0 Å². The number of hydrogen-bond donors (Lipinski definition) is 0. The topological polar surface area (TPSA) is 35.5 Å². The summed E-state index contributed by atoms with van der Waals surface area (Å²) in [7, 11) is 1.34. The molecule has 0 aliphatic carbocycles. The summed E-state index contributed by atoms with van der Waals surface area (Å²) in [6, 6.07) is 4.82. The Morgan fingerprint density at radius 2 is 2.18 bits per heavy atom. The van der Waals surface area contributed by atoms with Crippen LogP contribution < -0.4 is 4.74 Å². The molecule has 0 bridgehead atoms. The van der Waals surface area contributed by atoms with Crippen LogP contribution in [0.5, 0.6) is 5.75 Å². The average Bonchev–Trinajstić information content (AvgIpc) is 2.36. The van der Waals surface area contributed by atoms with Gasteiger partial charge in [0.1, 0.15) is 0 Å². The van der Waals surface area contributed by atoms with Crippen LogP contribution in [0.4, 0.5) is 4.39 Å². The Kier molecular flexibility index (Phi) is 5.46. The lowest BCUT2D eigenvalue weighted by molar-refractivity contribution is -0.140. The van der Waals surface area contributed by atoms with Crippen molar-refractivity contribution in [1.82, 2.24) is 0 Å². The van der Waals surface area contributed by atoms with Crippen LogP contribution in [-0.2, 0) is 16.0 Å².